The van der Waals surface area contributed by atoms with Gasteiger partial charge in [-0.3, -0.25) is 16.0 Å². The number of benzene rings is 1. The van der Waals surface area contributed by atoms with Crippen LogP contribution in [-0.4, -0.2) is 9.78 Å². The molecule has 1 aromatic carbocycles. The molecule has 0 aliphatic heterocycles. The third-order valence-electron chi connectivity index (χ3n) is 2.81. The number of anilines is 1. The van der Waals surface area contributed by atoms with Gasteiger partial charge in [0.2, 0.25) is 0 Å². The monoisotopic (exact) mass is 309 g/mol. The molecule has 0 aliphatic rings. The fraction of sp³-hybridized carbons (Fsp3) is 0.250. The lowest BCUT2D eigenvalue weighted by molar-refractivity contribution is 0.542. The second-order valence-electron chi connectivity index (χ2n) is 4.18. The number of aromatic nitrogens is 2. The lowest BCUT2D eigenvalue weighted by atomic mass is 10.0. The van der Waals surface area contributed by atoms with Crippen molar-refractivity contribution >= 4 is 21.6 Å². The molecule has 2 rings (SSSR count). The number of hydrazine groups is 1. The molecule has 1 atom stereocenters. The zero-order valence-corrected chi connectivity index (χ0v) is 11.7. The summed E-state index contributed by atoms with van der Waals surface area (Å²) in [5, 5.41) is 4.34. The first-order chi connectivity index (χ1) is 8.60. The Morgan fingerprint density at radius 1 is 1.44 bits per heavy atom. The molecule has 5 nitrogen and oxygen atoms in total. The molecule has 0 saturated heterocycles. The minimum atomic E-state index is -0.0580. The lowest BCUT2D eigenvalue weighted by Crippen LogP contribution is -2.30. The smallest absolute Gasteiger partial charge is 0.0643 e. The Kier molecular flexibility index (Phi) is 4.00. The fourth-order valence-corrected chi connectivity index (χ4v) is 2.27. The Balaban J connectivity index is 2.25. The summed E-state index contributed by atoms with van der Waals surface area (Å²) in [6.07, 6.45) is 2.60. The largest absolute Gasteiger partial charge is 0.398 e. The van der Waals surface area contributed by atoms with Gasteiger partial charge in [0.25, 0.3) is 0 Å². The number of halogens is 1. The van der Waals surface area contributed by atoms with E-state index in [0.29, 0.717) is 6.42 Å². The van der Waals surface area contributed by atoms with Crippen LogP contribution in [0, 0.1) is 0 Å². The Bertz CT molecular complexity index is 537. The van der Waals surface area contributed by atoms with Gasteiger partial charge >= 0.3 is 0 Å². The molecule has 0 saturated carbocycles. The molecule has 2 aromatic rings. The molecule has 1 heterocycles. The minimum Gasteiger partial charge on any atom is -0.398 e. The summed E-state index contributed by atoms with van der Waals surface area (Å²) in [7, 11) is 1.89. The standard InChI is InChI=1S/C12H16BrN5/c1-18-5-4-9(17-18)7-12(16-15)10-6-8(13)2-3-11(10)14/h2-6,12,16H,7,14-15H2,1H3. The molecule has 0 radical (unpaired) electrons. The third-order valence-corrected chi connectivity index (χ3v) is 3.30. The van der Waals surface area contributed by atoms with Crippen LogP contribution < -0.4 is 17.0 Å². The van der Waals surface area contributed by atoms with Crippen molar-refractivity contribution < 1.29 is 0 Å². The maximum Gasteiger partial charge on any atom is 0.0643 e. The van der Waals surface area contributed by atoms with Gasteiger partial charge in [0.05, 0.1) is 11.7 Å². The highest BCUT2D eigenvalue weighted by Gasteiger charge is 2.15. The van der Waals surface area contributed by atoms with Crippen LogP contribution in [0.4, 0.5) is 5.69 Å². The van der Waals surface area contributed by atoms with Crippen LogP contribution in [-0.2, 0) is 13.5 Å². The van der Waals surface area contributed by atoms with E-state index in [-0.39, 0.29) is 6.04 Å². The Labute approximate surface area is 114 Å². The molecule has 5 N–H and O–H groups in total. The number of nitrogen functional groups attached to an aromatic ring is 1. The Morgan fingerprint density at radius 3 is 2.83 bits per heavy atom. The van der Waals surface area contributed by atoms with Crippen LogP contribution in [0.5, 0.6) is 0 Å². The van der Waals surface area contributed by atoms with Gasteiger partial charge in [-0.1, -0.05) is 15.9 Å². The van der Waals surface area contributed by atoms with Crippen LogP contribution in [0.1, 0.15) is 17.3 Å². The average Bonchev–Trinajstić information content (AvgIpc) is 2.75. The highest BCUT2D eigenvalue weighted by molar-refractivity contribution is 9.10. The van der Waals surface area contributed by atoms with Gasteiger partial charge in [-0.25, -0.2) is 0 Å². The molecule has 1 unspecified atom stereocenters. The summed E-state index contributed by atoms with van der Waals surface area (Å²) >= 11 is 3.44. The third kappa shape index (κ3) is 2.90. The van der Waals surface area contributed by atoms with Crippen molar-refractivity contribution in [3.8, 4) is 0 Å². The molecule has 0 aliphatic carbocycles. The van der Waals surface area contributed by atoms with Gasteiger partial charge in [0, 0.05) is 29.8 Å². The van der Waals surface area contributed by atoms with E-state index < -0.39 is 0 Å². The lowest BCUT2D eigenvalue weighted by Gasteiger charge is -2.17. The summed E-state index contributed by atoms with van der Waals surface area (Å²) in [6.45, 7) is 0. The van der Waals surface area contributed by atoms with Gasteiger partial charge in [-0.15, -0.1) is 0 Å². The zero-order chi connectivity index (χ0) is 13.1. The summed E-state index contributed by atoms with van der Waals surface area (Å²) < 4.78 is 2.75. The highest BCUT2D eigenvalue weighted by atomic mass is 79.9. The number of hydrogen-bond donors (Lipinski definition) is 3. The number of nitrogens with one attached hydrogen (secondary N) is 1. The minimum absolute atomic E-state index is 0.0580. The molecule has 0 fully saturated rings. The van der Waals surface area contributed by atoms with Crippen molar-refractivity contribution in [1.29, 1.82) is 0 Å². The summed E-state index contributed by atoms with van der Waals surface area (Å²) in [6, 6.07) is 7.66. The topological polar surface area (TPSA) is 81.9 Å². The molecule has 0 spiro atoms. The van der Waals surface area contributed by atoms with Gasteiger partial charge in [-0.2, -0.15) is 5.10 Å². The molecule has 0 amide bonds. The van der Waals surface area contributed by atoms with Gasteiger partial charge in [-0.05, 0) is 29.8 Å². The predicted molar refractivity (Wildman–Crippen MR) is 75.5 cm³/mol. The number of nitrogens with two attached hydrogens (primary N) is 2. The van der Waals surface area contributed by atoms with E-state index in [9.17, 15) is 0 Å². The summed E-state index contributed by atoms with van der Waals surface area (Å²) in [5.41, 5.74) is 11.4. The number of aryl methyl sites for hydroxylation is 1. The Morgan fingerprint density at radius 2 is 2.22 bits per heavy atom. The average molecular weight is 310 g/mol. The Hall–Kier alpha value is -1.37. The van der Waals surface area contributed by atoms with Crippen LogP contribution >= 0.6 is 15.9 Å². The number of hydrogen-bond acceptors (Lipinski definition) is 4. The van der Waals surface area contributed by atoms with E-state index in [0.717, 1.165) is 21.4 Å². The molecule has 96 valence electrons. The van der Waals surface area contributed by atoms with E-state index in [4.69, 9.17) is 11.6 Å². The van der Waals surface area contributed by atoms with Crippen molar-refractivity contribution in [3.63, 3.8) is 0 Å². The van der Waals surface area contributed by atoms with Crippen molar-refractivity contribution in [2.24, 2.45) is 12.9 Å². The SMILES string of the molecule is Cn1ccc(CC(NN)c2cc(Br)ccc2N)n1. The maximum absolute atomic E-state index is 5.98. The van der Waals surface area contributed by atoms with Crippen molar-refractivity contribution in [2.75, 3.05) is 5.73 Å². The maximum atomic E-state index is 5.98. The number of nitrogens with zero attached hydrogens (tertiary/aromatic N) is 2. The van der Waals surface area contributed by atoms with E-state index >= 15 is 0 Å². The van der Waals surface area contributed by atoms with Gasteiger partial charge in [0.15, 0.2) is 0 Å². The molecule has 6 heteroatoms. The molecule has 0 bridgehead atoms. The van der Waals surface area contributed by atoms with Crippen LogP contribution in [0.15, 0.2) is 34.9 Å². The predicted octanol–water partition coefficient (Wildman–Crippen LogP) is 1.51. The fourth-order valence-electron chi connectivity index (χ4n) is 1.89. The molecule has 1 aromatic heterocycles. The van der Waals surface area contributed by atoms with E-state index in [1.54, 1.807) is 4.68 Å². The summed E-state index contributed by atoms with van der Waals surface area (Å²) in [5.74, 6) is 5.62. The van der Waals surface area contributed by atoms with Crippen LogP contribution in [0.25, 0.3) is 0 Å². The first kappa shape index (κ1) is 13.1. The normalized spacial score (nSPS) is 12.6. The van der Waals surface area contributed by atoms with Crippen LogP contribution in [0.3, 0.4) is 0 Å². The van der Waals surface area contributed by atoms with Gasteiger partial charge < -0.3 is 5.73 Å². The number of rotatable bonds is 4. The van der Waals surface area contributed by atoms with E-state index in [2.05, 4.69) is 26.5 Å². The second kappa shape index (κ2) is 5.51. The van der Waals surface area contributed by atoms with E-state index in [1.165, 1.54) is 0 Å². The summed E-state index contributed by atoms with van der Waals surface area (Å²) in [4.78, 5) is 0. The molecular formula is C12H16BrN5. The van der Waals surface area contributed by atoms with Crippen LogP contribution in [0.2, 0.25) is 0 Å². The highest BCUT2D eigenvalue weighted by Crippen LogP contribution is 2.26. The zero-order valence-electron chi connectivity index (χ0n) is 10.1. The van der Waals surface area contributed by atoms with E-state index in [1.807, 2.05) is 37.5 Å². The first-order valence-corrected chi connectivity index (χ1v) is 6.39. The molecular weight excluding hydrogens is 294 g/mol. The molecule has 18 heavy (non-hydrogen) atoms. The quantitative estimate of drug-likeness (QED) is 0.454. The first-order valence-electron chi connectivity index (χ1n) is 5.59. The van der Waals surface area contributed by atoms with Crippen molar-refractivity contribution in [3.05, 3.63) is 46.2 Å². The van der Waals surface area contributed by atoms with Crippen molar-refractivity contribution in [1.82, 2.24) is 15.2 Å². The second-order valence-corrected chi connectivity index (χ2v) is 5.09. The van der Waals surface area contributed by atoms with Gasteiger partial charge in [0.1, 0.15) is 0 Å². The van der Waals surface area contributed by atoms with Crippen molar-refractivity contribution in [2.45, 2.75) is 12.5 Å².